The van der Waals surface area contributed by atoms with Gasteiger partial charge in [-0.25, -0.2) is 0 Å². The second-order valence-corrected chi connectivity index (χ2v) is 6.61. The van der Waals surface area contributed by atoms with Crippen molar-refractivity contribution in [2.75, 3.05) is 0 Å². The van der Waals surface area contributed by atoms with E-state index in [9.17, 15) is 8.42 Å². The Kier molecular flexibility index (Phi) is 2.76. The first-order valence-electron chi connectivity index (χ1n) is 6.82. The standard InChI is InChI=1S/C17H12O4S/c18-22(19,20)17-9-8-16(21-17)14-7-3-6-13-12-5-2-1-4-11(12)10-15(13)14/h1-9H,10H2,(H,18,19,20). The van der Waals surface area contributed by atoms with Crippen LogP contribution in [0.2, 0.25) is 0 Å². The minimum Gasteiger partial charge on any atom is -0.442 e. The molecule has 0 aliphatic heterocycles. The minimum atomic E-state index is -4.32. The molecule has 0 fully saturated rings. The first kappa shape index (κ1) is 13.3. The average Bonchev–Trinajstić information content (AvgIpc) is 3.11. The molecule has 0 spiro atoms. The van der Waals surface area contributed by atoms with Crippen molar-refractivity contribution < 1.29 is 17.4 Å². The highest BCUT2D eigenvalue weighted by atomic mass is 32.2. The van der Waals surface area contributed by atoms with E-state index in [0.29, 0.717) is 5.76 Å². The van der Waals surface area contributed by atoms with E-state index in [1.165, 1.54) is 17.2 Å². The van der Waals surface area contributed by atoms with Crippen LogP contribution in [0.3, 0.4) is 0 Å². The highest BCUT2D eigenvalue weighted by molar-refractivity contribution is 7.85. The Bertz CT molecular complexity index is 983. The van der Waals surface area contributed by atoms with E-state index in [1.54, 1.807) is 6.07 Å². The van der Waals surface area contributed by atoms with Crippen molar-refractivity contribution in [3.8, 4) is 22.5 Å². The number of fused-ring (bicyclic) bond motifs is 3. The molecule has 1 aromatic heterocycles. The van der Waals surface area contributed by atoms with Crippen molar-refractivity contribution in [3.63, 3.8) is 0 Å². The van der Waals surface area contributed by atoms with Crippen molar-refractivity contribution in [1.82, 2.24) is 0 Å². The maximum absolute atomic E-state index is 11.2. The molecule has 3 aromatic rings. The number of hydrogen-bond donors (Lipinski definition) is 1. The fraction of sp³-hybridized carbons (Fsp3) is 0.0588. The molecule has 0 unspecified atom stereocenters. The predicted molar refractivity (Wildman–Crippen MR) is 82.2 cm³/mol. The lowest BCUT2D eigenvalue weighted by Crippen LogP contribution is -1.94. The largest absolute Gasteiger partial charge is 0.442 e. The number of rotatable bonds is 2. The molecule has 2 aromatic carbocycles. The quantitative estimate of drug-likeness (QED) is 0.572. The van der Waals surface area contributed by atoms with Gasteiger partial charge in [0.15, 0.2) is 0 Å². The number of hydrogen-bond acceptors (Lipinski definition) is 3. The summed E-state index contributed by atoms with van der Waals surface area (Å²) in [5.74, 6) is 0.442. The second kappa shape index (κ2) is 4.56. The van der Waals surface area contributed by atoms with Crippen molar-refractivity contribution in [2.45, 2.75) is 11.5 Å². The summed E-state index contributed by atoms with van der Waals surface area (Å²) in [5.41, 5.74) is 5.54. The van der Waals surface area contributed by atoms with Gasteiger partial charge in [-0.3, -0.25) is 4.55 Å². The molecule has 1 N–H and O–H groups in total. The fourth-order valence-corrected chi connectivity index (χ4v) is 3.43. The molecular formula is C17H12O4S. The maximum atomic E-state index is 11.2. The fourth-order valence-electron chi connectivity index (χ4n) is 2.99. The van der Waals surface area contributed by atoms with Gasteiger partial charge in [0.05, 0.1) is 0 Å². The third-order valence-electron chi connectivity index (χ3n) is 3.95. The lowest BCUT2D eigenvalue weighted by atomic mass is 10.00. The molecular weight excluding hydrogens is 300 g/mol. The molecule has 0 saturated carbocycles. The lowest BCUT2D eigenvalue weighted by molar-refractivity contribution is 0.413. The second-order valence-electron chi connectivity index (χ2n) is 5.26. The third kappa shape index (κ3) is 1.98. The van der Waals surface area contributed by atoms with Gasteiger partial charge in [-0.05, 0) is 40.8 Å². The van der Waals surface area contributed by atoms with Gasteiger partial charge in [0.2, 0.25) is 5.09 Å². The van der Waals surface area contributed by atoms with E-state index < -0.39 is 15.2 Å². The van der Waals surface area contributed by atoms with Gasteiger partial charge in [-0.2, -0.15) is 8.42 Å². The Balaban J connectivity index is 1.88. The Morgan fingerprint density at radius 2 is 1.59 bits per heavy atom. The molecule has 4 rings (SSSR count). The summed E-state index contributed by atoms with van der Waals surface area (Å²) in [4.78, 5) is 0. The molecule has 1 aliphatic rings. The van der Waals surface area contributed by atoms with E-state index in [-0.39, 0.29) is 0 Å². The van der Waals surface area contributed by atoms with E-state index in [0.717, 1.165) is 23.1 Å². The molecule has 0 bridgehead atoms. The van der Waals surface area contributed by atoms with Crippen LogP contribution in [0.25, 0.3) is 22.5 Å². The van der Waals surface area contributed by atoms with Crippen LogP contribution < -0.4 is 0 Å². The normalized spacial score (nSPS) is 13.0. The summed E-state index contributed by atoms with van der Waals surface area (Å²) in [7, 11) is -4.32. The monoisotopic (exact) mass is 312 g/mol. The first-order valence-corrected chi connectivity index (χ1v) is 8.26. The van der Waals surface area contributed by atoms with Gasteiger partial charge < -0.3 is 4.42 Å². The topological polar surface area (TPSA) is 67.5 Å². The zero-order chi connectivity index (χ0) is 15.3. The van der Waals surface area contributed by atoms with Crippen LogP contribution in [0.15, 0.2) is 64.1 Å². The molecule has 1 aliphatic carbocycles. The number of furan rings is 1. The van der Waals surface area contributed by atoms with Gasteiger partial charge in [0.1, 0.15) is 5.76 Å². The van der Waals surface area contributed by atoms with E-state index in [4.69, 9.17) is 8.97 Å². The van der Waals surface area contributed by atoms with Crippen LogP contribution in [0.1, 0.15) is 11.1 Å². The maximum Gasteiger partial charge on any atom is 0.328 e. The van der Waals surface area contributed by atoms with Gasteiger partial charge in [0, 0.05) is 5.56 Å². The van der Waals surface area contributed by atoms with Crippen LogP contribution in [0, 0.1) is 0 Å². The lowest BCUT2D eigenvalue weighted by Gasteiger charge is -2.05. The summed E-state index contributed by atoms with van der Waals surface area (Å²) in [5, 5.41) is -0.435. The Morgan fingerprint density at radius 3 is 2.36 bits per heavy atom. The molecule has 0 amide bonds. The zero-order valence-corrected chi connectivity index (χ0v) is 12.3. The van der Waals surface area contributed by atoms with Crippen molar-refractivity contribution in [3.05, 3.63) is 65.7 Å². The van der Waals surface area contributed by atoms with E-state index in [1.807, 2.05) is 24.3 Å². The molecule has 5 heteroatoms. The minimum absolute atomic E-state index is 0.435. The molecule has 110 valence electrons. The SMILES string of the molecule is O=S(=O)(O)c1ccc(-c2cccc3c2Cc2ccccc2-3)o1. The van der Waals surface area contributed by atoms with Crippen LogP contribution in [-0.4, -0.2) is 13.0 Å². The van der Waals surface area contributed by atoms with Crippen LogP contribution in [0.5, 0.6) is 0 Å². The van der Waals surface area contributed by atoms with Crippen LogP contribution >= 0.6 is 0 Å². The van der Waals surface area contributed by atoms with Gasteiger partial charge in [-0.15, -0.1) is 0 Å². The van der Waals surface area contributed by atoms with Crippen molar-refractivity contribution >= 4 is 10.1 Å². The van der Waals surface area contributed by atoms with Crippen LogP contribution in [-0.2, 0) is 16.5 Å². The van der Waals surface area contributed by atoms with Gasteiger partial charge in [-0.1, -0.05) is 42.5 Å². The Morgan fingerprint density at radius 1 is 0.864 bits per heavy atom. The molecule has 22 heavy (non-hydrogen) atoms. The average molecular weight is 312 g/mol. The molecule has 0 atom stereocenters. The molecule has 0 saturated heterocycles. The van der Waals surface area contributed by atoms with E-state index in [2.05, 4.69) is 18.2 Å². The smallest absolute Gasteiger partial charge is 0.328 e. The van der Waals surface area contributed by atoms with Crippen LogP contribution in [0.4, 0.5) is 0 Å². The van der Waals surface area contributed by atoms with Gasteiger partial charge >= 0.3 is 10.1 Å². The predicted octanol–water partition coefficient (Wildman–Crippen LogP) is 3.76. The summed E-state index contributed by atoms with van der Waals surface area (Å²) in [6, 6.07) is 16.9. The summed E-state index contributed by atoms with van der Waals surface area (Å²) >= 11 is 0. The van der Waals surface area contributed by atoms with E-state index >= 15 is 0 Å². The van der Waals surface area contributed by atoms with Crippen molar-refractivity contribution in [2.24, 2.45) is 0 Å². The highest BCUT2D eigenvalue weighted by Gasteiger charge is 2.23. The molecule has 4 nitrogen and oxygen atoms in total. The Labute approximate surface area is 127 Å². The summed E-state index contributed by atoms with van der Waals surface area (Å²) in [6.45, 7) is 0. The van der Waals surface area contributed by atoms with Crippen molar-refractivity contribution in [1.29, 1.82) is 0 Å². The molecule has 0 radical (unpaired) electrons. The molecule has 1 heterocycles. The Hall–Kier alpha value is -2.37. The zero-order valence-electron chi connectivity index (χ0n) is 11.5. The highest BCUT2D eigenvalue weighted by Crippen LogP contribution is 2.41. The first-order chi connectivity index (χ1) is 10.5. The number of benzene rings is 2. The third-order valence-corrected chi connectivity index (χ3v) is 4.68. The summed E-state index contributed by atoms with van der Waals surface area (Å²) in [6.07, 6.45) is 0.781. The van der Waals surface area contributed by atoms with Gasteiger partial charge in [0.25, 0.3) is 0 Å². The summed E-state index contributed by atoms with van der Waals surface area (Å²) < 4.78 is 36.7.